The molecule has 150 valence electrons. The van der Waals surface area contributed by atoms with Gasteiger partial charge < -0.3 is 15.8 Å². The molecule has 0 radical (unpaired) electrons. The van der Waals surface area contributed by atoms with Crippen LogP contribution in [0.4, 0.5) is 0 Å². The van der Waals surface area contributed by atoms with Crippen LogP contribution in [-0.4, -0.2) is 30.6 Å². The molecule has 0 aliphatic heterocycles. The van der Waals surface area contributed by atoms with Crippen LogP contribution < -0.4 is 11.1 Å². The third-order valence-corrected chi connectivity index (χ3v) is 5.38. The van der Waals surface area contributed by atoms with Crippen LogP contribution in [0.15, 0.2) is 11.1 Å². The number of rotatable bonds is 10. The Kier molecular flexibility index (Phi) is 9.92. The molecule has 0 spiro atoms. The van der Waals surface area contributed by atoms with E-state index >= 15 is 0 Å². The van der Waals surface area contributed by atoms with E-state index in [0.29, 0.717) is 25.3 Å². The molecule has 1 saturated carbocycles. The van der Waals surface area contributed by atoms with E-state index in [0.717, 1.165) is 25.7 Å². The number of esters is 1. The van der Waals surface area contributed by atoms with Crippen molar-refractivity contribution < 1.29 is 14.3 Å². The molecule has 1 aliphatic rings. The highest BCUT2D eigenvalue weighted by molar-refractivity contribution is 5.79. The zero-order valence-electron chi connectivity index (χ0n) is 17.3. The maximum atomic E-state index is 12.6. The van der Waals surface area contributed by atoms with Crippen molar-refractivity contribution in [3.05, 3.63) is 11.1 Å². The minimum atomic E-state index is -0.338. The van der Waals surface area contributed by atoms with E-state index in [9.17, 15) is 9.59 Å². The Labute approximate surface area is 159 Å². The van der Waals surface area contributed by atoms with Crippen molar-refractivity contribution in [2.24, 2.45) is 17.6 Å². The van der Waals surface area contributed by atoms with Gasteiger partial charge in [0, 0.05) is 6.42 Å². The van der Waals surface area contributed by atoms with Gasteiger partial charge in [-0.15, -0.1) is 0 Å². The van der Waals surface area contributed by atoms with Crippen molar-refractivity contribution in [2.45, 2.75) is 91.7 Å². The van der Waals surface area contributed by atoms with Gasteiger partial charge in [0.2, 0.25) is 5.91 Å². The monoisotopic (exact) mass is 366 g/mol. The van der Waals surface area contributed by atoms with E-state index in [1.807, 2.05) is 6.92 Å². The van der Waals surface area contributed by atoms with Crippen LogP contribution >= 0.6 is 0 Å². The molecule has 0 bridgehead atoms. The summed E-state index contributed by atoms with van der Waals surface area (Å²) in [5.41, 5.74) is 7.96. The molecule has 1 amide bonds. The number of ether oxygens (including phenoxy) is 1. The number of amides is 1. The SMILES string of the molecule is CCCC(CN[C@@H](CC)C(N)=O)CC(=O)O[C@@H]1C[C@H](C)CCC1=C(C)C. The maximum absolute atomic E-state index is 12.6. The molecular weight excluding hydrogens is 328 g/mol. The summed E-state index contributed by atoms with van der Waals surface area (Å²) < 4.78 is 5.88. The molecule has 5 heteroatoms. The fraction of sp³-hybridized carbons (Fsp3) is 0.810. The average Bonchev–Trinajstić information content (AvgIpc) is 2.54. The molecule has 1 aliphatic carbocycles. The second-order valence-electron chi connectivity index (χ2n) is 8.01. The Morgan fingerprint density at radius 1 is 1.31 bits per heavy atom. The maximum Gasteiger partial charge on any atom is 0.306 e. The zero-order chi connectivity index (χ0) is 19.7. The third-order valence-electron chi connectivity index (χ3n) is 5.38. The number of carbonyl (C=O) groups excluding carboxylic acids is 2. The summed E-state index contributed by atoms with van der Waals surface area (Å²) >= 11 is 0. The van der Waals surface area contributed by atoms with Crippen LogP contribution in [0.5, 0.6) is 0 Å². The summed E-state index contributed by atoms with van der Waals surface area (Å²) in [6.07, 6.45) is 6.00. The van der Waals surface area contributed by atoms with E-state index in [2.05, 4.69) is 33.0 Å². The Bertz CT molecular complexity index is 497. The van der Waals surface area contributed by atoms with Crippen LogP contribution in [0.3, 0.4) is 0 Å². The topological polar surface area (TPSA) is 81.4 Å². The van der Waals surface area contributed by atoms with Crippen LogP contribution in [0.1, 0.15) is 79.6 Å². The van der Waals surface area contributed by atoms with Gasteiger partial charge in [-0.1, -0.05) is 32.8 Å². The fourth-order valence-corrected chi connectivity index (χ4v) is 3.76. The second-order valence-corrected chi connectivity index (χ2v) is 8.01. The molecule has 0 heterocycles. The highest BCUT2D eigenvalue weighted by atomic mass is 16.5. The van der Waals surface area contributed by atoms with Gasteiger partial charge in [-0.3, -0.25) is 9.59 Å². The van der Waals surface area contributed by atoms with E-state index < -0.39 is 0 Å². The number of hydrogen-bond donors (Lipinski definition) is 2. The van der Waals surface area contributed by atoms with Gasteiger partial charge in [0.1, 0.15) is 6.10 Å². The smallest absolute Gasteiger partial charge is 0.306 e. The summed E-state index contributed by atoms with van der Waals surface area (Å²) in [6, 6.07) is -0.332. The molecule has 4 atom stereocenters. The molecule has 0 aromatic rings. The first kappa shape index (κ1) is 22.7. The first-order chi connectivity index (χ1) is 12.3. The number of allylic oxidation sites excluding steroid dienone is 1. The number of hydrogen-bond acceptors (Lipinski definition) is 4. The standard InChI is InChI=1S/C21H38N2O3/c1-6-8-16(13-23-18(7-2)21(22)25)12-20(24)26-19-11-15(5)9-10-17(19)14(3)4/h15-16,18-19,23H,6-13H2,1-5H3,(H2,22,25)/t15-,16?,18+,19-/m1/s1. The van der Waals surface area contributed by atoms with E-state index in [1.54, 1.807) is 0 Å². The van der Waals surface area contributed by atoms with Gasteiger partial charge in [0.15, 0.2) is 0 Å². The summed E-state index contributed by atoms with van der Waals surface area (Å²) in [5, 5.41) is 3.21. The quantitative estimate of drug-likeness (QED) is 0.456. The molecule has 1 rings (SSSR count). The van der Waals surface area contributed by atoms with Crippen molar-refractivity contribution in [3.8, 4) is 0 Å². The first-order valence-electron chi connectivity index (χ1n) is 10.2. The second kappa shape index (κ2) is 11.4. The largest absolute Gasteiger partial charge is 0.458 e. The number of primary amides is 1. The predicted molar refractivity (Wildman–Crippen MR) is 106 cm³/mol. The zero-order valence-corrected chi connectivity index (χ0v) is 17.3. The Hall–Kier alpha value is -1.36. The van der Waals surface area contributed by atoms with Crippen LogP contribution in [0.2, 0.25) is 0 Å². The van der Waals surface area contributed by atoms with Crippen LogP contribution in [0.25, 0.3) is 0 Å². The predicted octanol–water partition coefficient (Wildman–Crippen LogP) is 3.71. The molecular formula is C21H38N2O3. The van der Waals surface area contributed by atoms with Gasteiger partial charge in [-0.2, -0.15) is 0 Å². The number of nitrogens with two attached hydrogens (primary N) is 1. The lowest BCUT2D eigenvalue weighted by Gasteiger charge is -2.31. The van der Waals surface area contributed by atoms with Gasteiger partial charge in [0.05, 0.1) is 6.04 Å². The van der Waals surface area contributed by atoms with Crippen molar-refractivity contribution in [1.29, 1.82) is 0 Å². The summed E-state index contributed by atoms with van der Waals surface area (Å²) in [4.78, 5) is 23.9. The fourth-order valence-electron chi connectivity index (χ4n) is 3.76. The summed E-state index contributed by atoms with van der Waals surface area (Å²) in [5.74, 6) is 0.284. The number of carbonyl (C=O) groups is 2. The highest BCUT2D eigenvalue weighted by Gasteiger charge is 2.28. The van der Waals surface area contributed by atoms with Crippen molar-refractivity contribution in [2.75, 3.05) is 6.54 Å². The molecule has 3 N–H and O–H groups in total. The molecule has 5 nitrogen and oxygen atoms in total. The van der Waals surface area contributed by atoms with Crippen LogP contribution in [0, 0.1) is 11.8 Å². The van der Waals surface area contributed by atoms with Gasteiger partial charge in [-0.25, -0.2) is 0 Å². The Morgan fingerprint density at radius 3 is 2.54 bits per heavy atom. The van der Waals surface area contributed by atoms with Crippen molar-refractivity contribution in [1.82, 2.24) is 5.32 Å². The molecule has 1 unspecified atom stereocenters. The van der Waals surface area contributed by atoms with Crippen LogP contribution in [-0.2, 0) is 14.3 Å². The minimum absolute atomic E-state index is 0.0690. The lowest BCUT2D eigenvalue weighted by Crippen LogP contribution is -2.43. The average molecular weight is 367 g/mol. The lowest BCUT2D eigenvalue weighted by atomic mass is 9.83. The normalized spacial score (nSPS) is 22.6. The third kappa shape index (κ3) is 7.48. The van der Waals surface area contributed by atoms with E-state index in [-0.39, 0.29) is 29.9 Å². The van der Waals surface area contributed by atoms with Crippen molar-refractivity contribution in [3.63, 3.8) is 0 Å². The Morgan fingerprint density at radius 2 is 2.00 bits per heavy atom. The molecule has 0 aromatic carbocycles. The first-order valence-corrected chi connectivity index (χ1v) is 10.2. The van der Waals surface area contributed by atoms with E-state index in [1.165, 1.54) is 17.6 Å². The van der Waals surface area contributed by atoms with Gasteiger partial charge in [0.25, 0.3) is 0 Å². The number of nitrogens with one attached hydrogen (secondary N) is 1. The molecule has 0 saturated heterocycles. The molecule has 0 aromatic heterocycles. The van der Waals surface area contributed by atoms with Crippen molar-refractivity contribution >= 4 is 11.9 Å². The lowest BCUT2D eigenvalue weighted by molar-refractivity contribution is -0.149. The minimum Gasteiger partial charge on any atom is -0.458 e. The highest BCUT2D eigenvalue weighted by Crippen LogP contribution is 2.32. The summed E-state index contributed by atoms with van der Waals surface area (Å²) in [6.45, 7) is 11.1. The molecule has 1 fully saturated rings. The Balaban J connectivity index is 2.63. The molecule has 26 heavy (non-hydrogen) atoms. The van der Waals surface area contributed by atoms with E-state index in [4.69, 9.17) is 10.5 Å². The van der Waals surface area contributed by atoms with Gasteiger partial charge >= 0.3 is 5.97 Å². The van der Waals surface area contributed by atoms with Gasteiger partial charge in [-0.05, 0) is 69.9 Å². The summed E-state index contributed by atoms with van der Waals surface area (Å²) in [7, 11) is 0.